The van der Waals surface area contributed by atoms with Crippen molar-refractivity contribution in [3.05, 3.63) is 27.9 Å². The van der Waals surface area contributed by atoms with Gasteiger partial charge in [-0.1, -0.05) is 18.5 Å². The van der Waals surface area contributed by atoms with Gasteiger partial charge in [0.15, 0.2) is 0 Å². The molecule has 96 valence electrons. The minimum atomic E-state index is -0.476. The maximum absolute atomic E-state index is 11.7. The fraction of sp³-hybridized carbons (Fsp3) is 0.333. The molecule has 4 nitrogen and oxygen atoms in total. The lowest BCUT2D eigenvalue weighted by molar-refractivity contribution is 0.0489. The molecule has 0 N–H and O–H groups in total. The second-order valence-electron chi connectivity index (χ2n) is 3.47. The molecule has 2 aromatic rings. The number of oxazole rings is 1. The summed E-state index contributed by atoms with van der Waals surface area (Å²) < 4.78 is 11.1. The fourth-order valence-corrected chi connectivity index (χ4v) is 2.45. The molecule has 0 saturated heterocycles. The van der Waals surface area contributed by atoms with Gasteiger partial charge in [-0.25, -0.2) is 9.78 Å². The van der Waals surface area contributed by atoms with Crippen LogP contribution in [-0.4, -0.2) is 17.6 Å². The van der Waals surface area contributed by atoms with Crippen LogP contribution in [0.3, 0.4) is 0 Å². The molecule has 0 radical (unpaired) electrons. The first-order chi connectivity index (χ1) is 8.65. The molecule has 0 atom stereocenters. The number of hydrogen-bond acceptors (Lipinski definition) is 5. The molecule has 0 saturated carbocycles. The summed E-state index contributed by atoms with van der Waals surface area (Å²) in [6, 6.07) is 3.58. The second kappa shape index (κ2) is 5.54. The molecule has 2 heterocycles. The van der Waals surface area contributed by atoms with E-state index in [1.165, 1.54) is 11.3 Å². The summed E-state index contributed by atoms with van der Waals surface area (Å²) in [6.07, 6.45) is 0.608. The van der Waals surface area contributed by atoms with Crippen molar-refractivity contribution in [2.75, 3.05) is 6.61 Å². The largest absolute Gasteiger partial charge is 0.460 e. The van der Waals surface area contributed by atoms with Crippen molar-refractivity contribution in [3.63, 3.8) is 0 Å². The monoisotopic (exact) mass is 285 g/mol. The second-order valence-corrected chi connectivity index (χ2v) is 5.19. The number of thiophene rings is 1. The van der Waals surface area contributed by atoms with Crippen molar-refractivity contribution in [1.29, 1.82) is 0 Å². The normalized spacial score (nSPS) is 10.6. The molecule has 0 unspecified atom stereocenters. The Balaban J connectivity index is 2.37. The molecule has 0 bridgehead atoms. The van der Waals surface area contributed by atoms with Crippen LogP contribution in [-0.2, 0) is 11.2 Å². The highest BCUT2D eigenvalue weighted by Gasteiger charge is 2.21. The first-order valence-corrected chi connectivity index (χ1v) is 6.77. The molecule has 18 heavy (non-hydrogen) atoms. The Morgan fingerprint density at radius 2 is 2.28 bits per heavy atom. The highest BCUT2D eigenvalue weighted by molar-refractivity contribution is 7.19. The van der Waals surface area contributed by atoms with Crippen molar-refractivity contribution < 1.29 is 13.9 Å². The Labute approximate surface area is 114 Å². The maximum Gasteiger partial charge on any atom is 0.376 e. The Morgan fingerprint density at radius 3 is 2.83 bits per heavy atom. The predicted octanol–water partition coefficient (Wildman–Crippen LogP) is 3.80. The summed E-state index contributed by atoms with van der Waals surface area (Å²) in [5.41, 5.74) is 0.605. The van der Waals surface area contributed by atoms with Crippen molar-refractivity contribution in [2.24, 2.45) is 0 Å². The van der Waals surface area contributed by atoms with Gasteiger partial charge in [-0.2, -0.15) is 0 Å². The molecule has 0 aliphatic rings. The topological polar surface area (TPSA) is 52.3 Å². The van der Waals surface area contributed by atoms with Crippen LogP contribution < -0.4 is 0 Å². The Morgan fingerprint density at radius 1 is 1.50 bits per heavy atom. The highest BCUT2D eigenvalue weighted by Crippen LogP contribution is 2.31. The SMILES string of the molecule is CCOC(=O)c1oc(-c2ccc(Cl)s2)nc1CC. The predicted molar refractivity (Wildman–Crippen MR) is 70.2 cm³/mol. The lowest BCUT2D eigenvalue weighted by Crippen LogP contribution is -2.05. The van der Waals surface area contributed by atoms with Gasteiger partial charge in [-0.05, 0) is 25.5 Å². The summed E-state index contributed by atoms with van der Waals surface area (Å²) in [5.74, 6) is 0.112. The van der Waals surface area contributed by atoms with Crippen LogP contribution in [0.25, 0.3) is 10.8 Å². The van der Waals surface area contributed by atoms with Crippen LogP contribution >= 0.6 is 22.9 Å². The average molecular weight is 286 g/mol. The van der Waals surface area contributed by atoms with Gasteiger partial charge in [0.25, 0.3) is 0 Å². The van der Waals surface area contributed by atoms with E-state index in [2.05, 4.69) is 4.98 Å². The Bertz CT molecular complexity index is 561. The van der Waals surface area contributed by atoms with E-state index in [-0.39, 0.29) is 5.76 Å². The highest BCUT2D eigenvalue weighted by atomic mass is 35.5. The number of esters is 1. The molecule has 6 heteroatoms. The first kappa shape index (κ1) is 13.1. The van der Waals surface area contributed by atoms with E-state index in [4.69, 9.17) is 20.8 Å². The molecular formula is C12H12ClNO3S. The van der Waals surface area contributed by atoms with Crippen molar-refractivity contribution in [1.82, 2.24) is 4.98 Å². The molecule has 0 spiro atoms. The number of ether oxygens (including phenoxy) is 1. The van der Waals surface area contributed by atoms with Gasteiger partial charge >= 0.3 is 5.97 Å². The van der Waals surface area contributed by atoms with Crippen LogP contribution in [0.2, 0.25) is 4.34 Å². The minimum Gasteiger partial charge on any atom is -0.460 e. The van der Waals surface area contributed by atoms with Crippen molar-refractivity contribution in [3.8, 4) is 10.8 Å². The van der Waals surface area contributed by atoms with E-state index in [0.717, 1.165) is 4.88 Å². The van der Waals surface area contributed by atoms with E-state index in [1.54, 1.807) is 13.0 Å². The molecule has 0 aliphatic carbocycles. The number of aromatic nitrogens is 1. The minimum absolute atomic E-state index is 0.180. The summed E-state index contributed by atoms with van der Waals surface area (Å²) >= 11 is 7.22. The van der Waals surface area contributed by atoms with Crippen LogP contribution in [0.5, 0.6) is 0 Å². The van der Waals surface area contributed by atoms with Gasteiger partial charge in [0.05, 0.1) is 21.5 Å². The standard InChI is InChI=1S/C12H12ClNO3S/c1-3-7-10(12(15)16-4-2)17-11(14-7)8-5-6-9(13)18-8/h5-6H,3-4H2,1-2H3. The lowest BCUT2D eigenvalue weighted by Gasteiger charge is -1.98. The van der Waals surface area contributed by atoms with Crippen molar-refractivity contribution >= 4 is 28.9 Å². The zero-order chi connectivity index (χ0) is 13.1. The number of aryl methyl sites for hydroxylation is 1. The maximum atomic E-state index is 11.7. The van der Waals surface area contributed by atoms with E-state index in [0.29, 0.717) is 28.9 Å². The fourth-order valence-electron chi connectivity index (χ4n) is 1.48. The molecule has 2 rings (SSSR count). The van der Waals surface area contributed by atoms with Gasteiger partial charge in [0.2, 0.25) is 11.7 Å². The van der Waals surface area contributed by atoms with E-state index in [9.17, 15) is 4.79 Å². The van der Waals surface area contributed by atoms with E-state index in [1.807, 2.05) is 13.0 Å². The van der Waals surface area contributed by atoms with Crippen LogP contribution in [0, 0.1) is 0 Å². The van der Waals surface area contributed by atoms with Gasteiger partial charge < -0.3 is 9.15 Å². The van der Waals surface area contributed by atoms with Crippen molar-refractivity contribution in [2.45, 2.75) is 20.3 Å². The quantitative estimate of drug-likeness (QED) is 0.802. The summed E-state index contributed by atoms with van der Waals surface area (Å²) in [4.78, 5) is 16.8. The zero-order valence-electron chi connectivity index (χ0n) is 10.0. The van der Waals surface area contributed by atoms with Crippen LogP contribution in [0.1, 0.15) is 30.1 Å². The molecular weight excluding hydrogens is 274 g/mol. The Kier molecular flexibility index (Phi) is 4.04. The summed E-state index contributed by atoms with van der Waals surface area (Å²) in [7, 11) is 0. The molecule has 0 aliphatic heterocycles. The summed E-state index contributed by atoms with van der Waals surface area (Å²) in [5, 5.41) is 0. The van der Waals surface area contributed by atoms with E-state index >= 15 is 0 Å². The molecule has 0 aromatic carbocycles. The molecule has 0 fully saturated rings. The van der Waals surface area contributed by atoms with Gasteiger partial charge in [-0.15, -0.1) is 11.3 Å². The van der Waals surface area contributed by atoms with Gasteiger partial charge in [-0.3, -0.25) is 0 Å². The number of rotatable bonds is 4. The van der Waals surface area contributed by atoms with E-state index < -0.39 is 5.97 Å². The molecule has 2 aromatic heterocycles. The third-order valence-electron chi connectivity index (χ3n) is 2.28. The van der Waals surface area contributed by atoms with Gasteiger partial charge in [0, 0.05) is 0 Å². The average Bonchev–Trinajstić information content (AvgIpc) is 2.94. The number of nitrogens with zero attached hydrogens (tertiary/aromatic N) is 1. The number of halogens is 1. The lowest BCUT2D eigenvalue weighted by atomic mass is 10.3. The first-order valence-electron chi connectivity index (χ1n) is 5.58. The third-order valence-corrected chi connectivity index (χ3v) is 3.50. The number of carbonyl (C=O) groups is 1. The van der Waals surface area contributed by atoms with Gasteiger partial charge in [0.1, 0.15) is 0 Å². The molecule has 0 amide bonds. The zero-order valence-corrected chi connectivity index (χ0v) is 11.6. The summed E-state index contributed by atoms with van der Waals surface area (Å²) in [6.45, 7) is 3.97. The van der Waals surface area contributed by atoms with Crippen LogP contribution in [0.15, 0.2) is 16.5 Å². The Hall–Kier alpha value is -1.33. The number of hydrogen-bond donors (Lipinski definition) is 0. The van der Waals surface area contributed by atoms with Crippen LogP contribution in [0.4, 0.5) is 0 Å². The third kappa shape index (κ3) is 2.57. The number of carbonyl (C=O) groups excluding carboxylic acids is 1. The smallest absolute Gasteiger partial charge is 0.376 e.